The zero-order valence-corrected chi connectivity index (χ0v) is 31.9. The van der Waals surface area contributed by atoms with E-state index in [0.29, 0.717) is 93.5 Å². The molecule has 1 saturated heterocycles. The number of rotatable bonds is 8. The van der Waals surface area contributed by atoms with E-state index in [-0.39, 0.29) is 41.9 Å². The fourth-order valence-electron chi connectivity index (χ4n) is 7.54. The Morgan fingerprint density at radius 1 is 0.907 bits per heavy atom. The third-order valence-corrected chi connectivity index (χ3v) is 10.3. The first kappa shape index (κ1) is 38.3. The van der Waals surface area contributed by atoms with E-state index in [9.17, 15) is 19.2 Å². The molecule has 2 aliphatic rings. The number of para-hydroxylation sites is 1. The maximum atomic E-state index is 14.2. The van der Waals surface area contributed by atoms with Crippen molar-refractivity contribution in [2.75, 3.05) is 40.4 Å². The van der Waals surface area contributed by atoms with Gasteiger partial charge in [0.15, 0.2) is 0 Å². The average Bonchev–Trinajstić information content (AvgIpc) is 3.76. The number of carbonyl (C=O) groups excluding carboxylic acids is 4. The summed E-state index contributed by atoms with van der Waals surface area (Å²) >= 11 is 0. The Morgan fingerprint density at radius 2 is 1.63 bits per heavy atom. The predicted octanol–water partition coefficient (Wildman–Crippen LogP) is 4.19. The van der Waals surface area contributed by atoms with Gasteiger partial charge in [-0.25, -0.2) is 9.67 Å². The molecule has 3 N–H and O–H groups in total. The SMILES string of the molecule is COc1cc(OC)cc(C(=O)N2CCC(C(=O)N3CCCC(=O)N[C@H](Cc4c[nH]c5ccccc45)C(=O)N[C@@H](CC(C)C)c4nc(C)nn4CC3)CC2)c1. The van der Waals surface area contributed by atoms with E-state index in [2.05, 4.69) is 29.5 Å². The van der Waals surface area contributed by atoms with Gasteiger partial charge in [-0.2, -0.15) is 5.10 Å². The van der Waals surface area contributed by atoms with Crippen LogP contribution in [0.15, 0.2) is 48.7 Å². The van der Waals surface area contributed by atoms with Crippen molar-refractivity contribution >= 4 is 34.5 Å². The molecule has 2 atom stereocenters. The second kappa shape index (κ2) is 17.2. The van der Waals surface area contributed by atoms with Crippen LogP contribution in [0.3, 0.4) is 0 Å². The first-order chi connectivity index (χ1) is 26.0. The van der Waals surface area contributed by atoms with Crippen molar-refractivity contribution in [1.29, 1.82) is 0 Å². The highest BCUT2D eigenvalue weighted by atomic mass is 16.5. The van der Waals surface area contributed by atoms with E-state index < -0.39 is 12.1 Å². The average molecular weight is 741 g/mol. The Kier molecular flexibility index (Phi) is 12.2. The van der Waals surface area contributed by atoms with Gasteiger partial charge in [0, 0.05) is 73.7 Å². The van der Waals surface area contributed by atoms with Gasteiger partial charge >= 0.3 is 0 Å². The van der Waals surface area contributed by atoms with Crippen molar-refractivity contribution in [3.63, 3.8) is 0 Å². The molecular weight excluding hydrogens is 688 g/mol. The number of benzene rings is 2. The van der Waals surface area contributed by atoms with Crippen molar-refractivity contribution in [1.82, 2.24) is 40.2 Å². The lowest BCUT2D eigenvalue weighted by Crippen LogP contribution is -2.50. The molecule has 0 saturated carbocycles. The number of ether oxygens (including phenoxy) is 2. The second-order valence-corrected chi connectivity index (χ2v) is 14.7. The van der Waals surface area contributed by atoms with Crippen LogP contribution in [-0.4, -0.2) is 99.6 Å². The number of fused-ring (bicyclic) bond motifs is 2. The molecule has 288 valence electrons. The summed E-state index contributed by atoms with van der Waals surface area (Å²) in [4.78, 5) is 66.8. The number of hydrogen-bond donors (Lipinski definition) is 3. The number of hydrogen-bond acceptors (Lipinski definition) is 8. The molecule has 2 aromatic heterocycles. The Morgan fingerprint density at radius 3 is 2.33 bits per heavy atom. The number of nitrogens with zero attached hydrogens (tertiary/aromatic N) is 5. The molecule has 6 rings (SSSR count). The quantitative estimate of drug-likeness (QED) is 0.242. The zero-order valence-electron chi connectivity index (χ0n) is 31.9. The zero-order chi connectivity index (χ0) is 38.4. The summed E-state index contributed by atoms with van der Waals surface area (Å²) < 4.78 is 12.5. The van der Waals surface area contributed by atoms with Gasteiger partial charge in [-0.1, -0.05) is 32.0 Å². The molecule has 54 heavy (non-hydrogen) atoms. The van der Waals surface area contributed by atoms with Crippen molar-refractivity contribution in [3.05, 3.63) is 71.4 Å². The molecule has 0 aliphatic carbocycles. The number of H-pyrrole nitrogens is 1. The Balaban J connectivity index is 1.20. The van der Waals surface area contributed by atoms with Gasteiger partial charge in [-0.3, -0.25) is 19.2 Å². The van der Waals surface area contributed by atoms with Crippen LogP contribution in [-0.2, 0) is 27.3 Å². The lowest BCUT2D eigenvalue weighted by molar-refractivity contribution is -0.137. The van der Waals surface area contributed by atoms with Gasteiger partial charge in [0.2, 0.25) is 17.7 Å². The number of aromatic nitrogens is 4. The summed E-state index contributed by atoms with van der Waals surface area (Å²) in [6.07, 6.45) is 4.43. The summed E-state index contributed by atoms with van der Waals surface area (Å²) in [5.74, 6) is 1.55. The first-order valence-corrected chi connectivity index (χ1v) is 18.9. The molecule has 4 amide bonds. The highest BCUT2D eigenvalue weighted by Crippen LogP contribution is 2.27. The highest BCUT2D eigenvalue weighted by Gasteiger charge is 2.33. The second-order valence-electron chi connectivity index (χ2n) is 14.7. The van der Waals surface area contributed by atoms with Gasteiger partial charge in [0.1, 0.15) is 29.2 Å². The number of nitrogens with one attached hydrogen (secondary N) is 3. The summed E-state index contributed by atoms with van der Waals surface area (Å²) in [6, 6.07) is 11.7. The molecule has 14 nitrogen and oxygen atoms in total. The molecule has 0 spiro atoms. The minimum Gasteiger partial charge on any atom is -0.497 e. The maximum absolute atomic E-state index is 14.2. The number of piperidine rings is 1. The minimum atomic E-state index is -0.824. The predicted molar refractivity (Wildman–Crippen MR) is 203 cm³/mol. The molecule has 4 heterocycles. The van der Waals surface area contributed by atoms with Gasteiger partial charge in [0.25, 0.3) is 5.91 Å². The Hall–Kier alpha value is -5.40. The third-order valence-electron chi connectivity index (χ3n) is 10.3. The van der Waals surface area contributed by atoms with E-state index in [1.165, 1.54) is 0 Å². The van der Waals surface area contributed by atoms with Crippen LogP contribution < -0.4 is 20.1 Å². The number of likely N-dealkylation sites (tertiary alicyclic amines) is 1. The lowest BCUT2D eigenvalue weighted by atomic mass is 9.94. The maximum Gasteiger partial charge on any atom is 0.254 e. The lowest BCUT2D eigenvalue weighted by Gasteiger charge is -2.34. The smallest absolute Gasteiger partial charge is 0.254 e. The molecule has 0 radical (unpaired) electrons. The minimum absolute atomic E-state index is 0.000263. The number of aryl methyl sites for hydroxylation is 1. The molecular formula is C40H52N8O6. The van der Waals surface area contributed by atoms with Gasteiger partial charge in [0.05, 0.1) is 26.8 Å². The standard InChI is InChI=1S/C40H52N8O6/c1-25(2)19-34-37-42-26(3)45-48(37)18-17-46(39(51)27-12-15-47(16-13-27)40(52)28-20-30(53-4)23-31(21-28)54-5)14-8-11-36(49)43-35(38(50)44-34)22-29-24-41-33-10-7-6-9-32(29)33/h6-7,9-10,20-21,23-25,27,34-35,41H,8,11-19,22H2,1-5H3,(H,43,49)(H,44,50)/t34-,35+/m0/s1. The molecule has 1 fully saturated rings. The van der Waals surface area contributed by atoms with Crippen LogP contribution >= 0.6 is 0 Å². The Labute approximate surface area is 316 Å². The van der Waals surface area contributed by atoms with Crippen molar-refractivity contribution in [2.24, 2.45) is 11.8 Å². The van der Waals surface area contributed by atoms with Crippen molar-refractivity contribution in [2.45, 2.75) is 77.9 Å². The Bertz CT molecular complexity index is 1940. The number of carbonyl (C=O) groups is 4. The summed E-state index contributed by atoms with van der Waals surface area (Å²) in [7, 11) is 3.09. The molecule has 2 aromatic carbocycles. The van der Waals surface area contributed by atoms with Gasteiger partial charge in [-0.15, -0.1) is 0 Å². The third kappa shape index (κ3) is 9.03. The fourth-order valence-corrected chi connectivity index (χ4v) is 7.54. The summed E-state index contributed by atoms with van der Waals surface area (Å²) in [6.45, 7) is 7.98. The van der Waals surface area contributed by atoms with Crippen LogP contribution in [0.1, 0.15) is 79.6 Å². The molecule has 14 heteroatoms. The van der Waals surface area contributed by atoms with E-state index in [4.69, 9.17) is 19.6 Å². The summed E-state index contributed by atoms with van der Waals surface area (Å²) in [5.41, 5.74) is 2.36. The van der Waals surface area contributed by atoms with Crippen LogP contribution in [0, 0.1) is 18.8 Å². The highest BCUT2D eigenvalue weighted by molar-refractivity contribution is 5.95. The van der Waals surface area contributed by atoms with E-state index in [1.54, 1.807) is 37.3 Å². The van der Waals surface area contributed by atoms with Gasteiger partial charge in [-0.05, 0) is 62.3 Å². The van der Waals surface area contributed by atoms with Crippen LogP contribution in [0.2, 0.25) is 0 Å². The van der Waals surface area contributed by atoms with Gasteiger partial charge < -0.3 is 34.9 Å². The molecule has 2 aliphatic heterocycles. The topological polar surface area (TPSA) is 164 Å². The van der Waals surface area contributed by atoms with Crippen molar-refractivity contribution < 1.29 is 28.7 Å². The van der Waals surface area contributed by atoms with E-state index in [1.807, 2.05) is 47.0 Å². The summed E-state index contributed by atoms with van der Waals surface area (Å²) in [5, 5.41) is 11.9. The molecule has 4 aromatic rings. The normalized spacial score (nSPS) is 19.2. The van der Waals surface area contributed by atoms with Crippen molar-refractivity contribution in [3.8, 4) is 11.5 Å². The van der Waals surface area contributed by atoms with E-state index >= 15 is 0 Å². The van der Waals surface area contributed by atoms with Crippen LogP contribution in [0.25, 0.3) is 10.9 Å². The van der Waals surface area contributed by atoms with Crippen LogP contribution in [0.4, 0.5) is 0 Å². The fraction of sp³-hybridized carbons (Fsp3) is 0.500. The number of amides is 4. The molecule has 0 bridgehead atoms. The first-order valence-electron chi connectivity index (χ1n) is 18.9. The monoisotopic (exact) mass is 740 g/mol. The largest absolute Gasteiger partial charge is 0.497 e. The van der Waals surface area contributed by atoms with E-state index in [0.717, 1.165) is 16.5 Å². The number of aromatic amines is 1. The molecule has 0 unspecified atom stereocenters. The van der Waals surface area contributed by atoms with Crippen LogP contribution in [0.5, 0.6) is 11.5 Å². The number of methoxy groups -OCH3 is 2.